The van der Waals surface area contributed by atoms with Crippen molar-refractivity contribution in [1.29, 1.82) is 0 Å². The molecule has 1 aliphatic rings. The molecule has 3 heterocycles. The maximum absolute atomic E-state index is 5.86. The summed E-state index contributed by atoms with van der Waals surface area (Å²) in [4.78, 5) is 6.49. The molecule has 0 radical (unpaired) electrons. The van der Waals surface area contributed by atoms with Crippen molar-refractivity contribution in [2.24, 2.45) is 5.92 Å². The predicted molar refractivity (Wildman–Crippen MR) is 97.3 cm³/mol. The number of hydrogen-bond donors (Lipinski definition) is 0. The van der Waals surface area contributed by atoms with Gasteiger partial charge in [-0.05, 0) is 30.7 Å². The van der Waals surface area contributed by atoms with Crippen LogP contribution in [-0.2, 0) is 12.8 Å². The molecule has 0 amide bonds. The van der Waals surface area contributed by atoms with Crippen LogP contribution in [0.5, 0.6) is 0 Å². The van der Waals surface area contributed by atoms with E-state index in [4.69, 9.17) is 4.42 Å². The largest absolute Gasteiger partial charge is 0.424 e. The summed E-state index contributed by atoms with van der Waals surface area (Å²) in [5.74, 6) is 2.07. The summed E-state index contributed by atoms with van der Waals surface area (Å²) in [6, 6.07) is 4.57. The van der Waals surface area contributed by atoms with Gasteiger partial charge in [-0.15, -0.1) is 21.5 Å². The van der Waals surface area contributed by atoms with E-state index in [0.717, 1.165) is 57.3 Å². The van der Waals surface area contributed by atoms with Gasteiger partial charge in [-0.2, -0.15) is 0 Å². The first kappa shape index (κ1) is 17.6. The van der Waals surface area contributed by atoms with Gasteiger partial charge < -0.3 is 9.32 Å². The van der Waals surface area contributed by atoms with Gasteiger partial charge in [-0.3, -0.25) is 4.90 Å². The summed E-state index contributed by atoms with van der Waals surface area (Å²) in [6.45, 7) is 12.0. The van der Waals surface area contributed by atoms with Crippen molar-refractivity contribution < 1.29 is 4.42 Å². The van der Waals surface area contributed by atoms with Crippen molar-refractivity contribution in [3.8, 4) is 0 Å². The smallest absolute Gasteiger partial charge is 0.233 e. The lowest BCUT2D eigenvalue weighted by Crippen LogP contribution is -2.47. The SMILES string of the molecule is CC(C)Cc1nnc(C(C)N2CCN(CCc3cccs3)CC2)o1. The van der Waals surface area contributed by atoms with E-state index in [1.165, 1.54) is 4.88 Å². The van der Waals surface area contributed by atoms with Gasteiger partial charge in [0.1, 0.15) is 0 Å². The molecule has 132 valence electrons. The van der Waals surface area contributed by atoms with E-state index in [2.05, 4.69) is 58.3 Å². The Hall–Kier alpha value is -1.24. The second-order valence-corrected chi connectivity index (χ2v) is 8.05. The third kappa shape index (κ3) is 4.65. The molecule has 0 bridgehead atoms. The van der Waals surface area contributed by atoms with Gasteiger partial charge >= 0.3 is 0 Å². The molecular weight excluding hydrogens is 320 g/mol. The molecule has 6 heteroatoms. The first-order chi connectivity index (χ1) is 11.6. The number of piperazine rings is 1. The molecule has 5 nitrogen and oxygen atoms in total. The number of nitrogens with zero attached hydrogens (tertiary/aromatic N) is 4. The maximum atomic E-state index is 5.86. The Bertz CT molecular complexity index is 602. The Morgan fingerprint density at radius 1 is 1.17 bits per heavy atom. The minimum absolute atomic E-state index is 0.206. The van der Waals surface area contributed by atoms with Crippen LogP contribution in [0.3, 0.4) is 0 Å². The molecule has 0 saturated carbocycles. The minimum Gasteiger partial charge on any atom is -0.424 e. The average molecular weight is 349 g/mol. The molecule has 0 aromatic carbocycles. The highest BCUT2D eigenvalue weighted by atomic mass is 32.1. The third-order valence-electron chi connectivity index (χ3n) is 4.63. The summed E-state index contributed by atoms with van der Waals surface area (Å²) >= 11 is 1.86. The van der Waals surface area contributed by atoms with Crippen molar-refractivity contribution in [2.45, 2.75) is 39.7 Å². The molecule has 2 aromatic heterocycles. The fourth-order valence-electron chi connectivity index (χ4n) is 3.12. The van der Waals surface area contributed by atoms with Gasteiger partial charge in [0.15, 0.2) is 0 Å². The topological polar surface area (TPSA) is 45.4 Å². The molecule has 1 unspecified atom stereocenters. The van der Waals surface area contributed by atoms with E-state index >= 15 is 0 Å². The van der Waals surface area contributed by atoms with Crippen molar-refractivity contribution in [3.05, 3.63) is 34.2 Å². The van der Waals surface area contributed by atoms with E-state index < -0.39 is 0 Å². The van der Waals surface area contributed by atoms with Crippen LogP contribution >= 0.6 is 11.3 Å². The lowest BCUT2D eigenvalue weighted by molar-refractivity contribution is 0.0915. The highest BCUT2D eigenvalue weighted by Crippen LogP contribution is 2.21. The van der Waals surface area contributed by atoms with Gasteiger partial charge in [0.25, 0.3) is 0 Å². The number of aromatic nitrogens is 2. The van der Waals surface area contributed by atoms with E-state index in [9.17, 15) is 0 Å². The van der Waals surface area contributed by atoms with Crippen molar-refractivity contribution in [1.82, 2.24) is 20.0 Å². The van der Waals surface area contributed by atoms with Crippen molar-refractivity contribution >= 4 is 11.3 Å². The zero-order chi connectivity index (χ0) is 16.9. The van der Waals surface area contributed by atoms with Crippen LogP contribution in [0, 0.1) is 5.92 Å². The first-order valence-corrected chi connectivity index (χ1v) is 9.81. The Balaban J connectivity index is 1.46. The fourth-order valence-corrected chi connectivity index (χ4v) is 3.82. The Kier molecular flexibility index (Phi) is 6.03. The second-order valence-electron chi connectivity index (χ2n) is 7.01. The molecule has 0 N–H and O–H groups in total. The molecular formula is C18H28N4OS. The molecule has 0 spiro atoms. The van der Waals surface area contributed by atoms with Crippen LogP contribution in [0.4, 0.5) is 0 Å². The van der Waals surface area contributed by atoms with Gasteiger partial charge in [0.2, 0.25) is 11.8 Å². The van der Waals surface area contributed by atoms with Gasteiger partial charge in [0, 0.05) is 44.0 Å². The number of rotatable bonds is 7. The average Bonchev–Trinajstić information content (AvgIpc) is 3.24. The van der Waals surface area contributed by atoms with Gasteiger partial charge in [-0.25, -0.2) is 0 Å². The zero-order valence-corrected chi connectivity index (χ0v) is 15.8. The summed E-state index contributed by atoms with van der Waals surface area (Å²) in [5.41, 5.74) is 0. The number of hydrogen-bond acceptors (Lipinski definition) is 6. The molecule has 1 fully saturated rings. The molecule has 2 aromatic rings. The van der Waals surface area contributed by atoms with Crippen LogP contribution in [0.25, 0.3) is 0 Å². The summed E-state index contributed by atoms with van der Waals surface area (Å²) in [7, 11) is 0. The fraction of sp³-hybridized carbons (Fsp3) is 0.667. The Morgan fingerprint density at radius 2 is 1.96 bits per heavy atom. The van der Waals surface area contributed by atoms with Crippen LogP contribution in [0.2, 0.25) is 0 Å². The highest BCUT2D eigenvalue weighted by Gasteiger charge is 2.25. The molecule has 1 saturated heterocycles. The van der Waals surface area contributed by atoms with E-state index in [1.54, 1.807) is 0 Å². The lowest BCUT2D eigenvalue weighted by Gasteiger charge is -2.36. The van der Waals surface area contributed by atoms with Gasteiger partial charge in [0.05, 0.1) is 6.04 Å². The van der Waals surface area contributed by atoms with Crippen LogP contribution in [0.1, 0.15) is 43.5 Å². The monoisotopic (exact) mass is 348 g/mol. The minimum atomic E-state index is 0.206. The zero-order valence-electron chi connectivity index (χ0n) is 14.9. The number of thiophene rings is 1. The first-order valence-electron chi connectivity index (χ1n) is 8.93. The van der Waals surface area contributed by atoms with Crippen LogP contribution in [0.15, 0.2) is 21.9 Å². The van der Waals surface area contributed by atoms with Gasteiger partial charge in [-0.1, -0.05) is 19.9 Å². The van der Waals surface area contributed by atoms with Crippen molar-refractivity contribution in [2.75, 3.05) is 32.7 Å². The van der Waals surface area contributed by atoms with E-state index in [1.807, 2.05) is 11.3 Å². The van der Waals surface area contributed by atoms with Crippen LogP contribution < -0.4 is 0 Å². The lowest BCUT2D eigenvalue weighted by atomic mass is 10.1. The second kappa shape index (κ2) is 8.23. The Morgan fingerprint density at radius 3 is 2.62 bits per heavy atom. The normalized spacial score (nSPS) is 18.3. The summed E-state index contributed by atoms with van der Waals surface area (Å²) in [5, 5.41) is 10.6. The Labute approximate surface area is 148 Å². The molecule has 0 aliphatic carbocycles. The third-order valence-corrected chi connectivity index (χ3v) is 5.57. The molecule has 1 aliphatic heterocycles. The predicted octanol–water partition coefficient (Wildman–Crippen LogP) is 3.25. The molecule has 24 heavy (non-hydrogen) atoms. The molecule has 3 rings (SSSR count). The van der Waals surface area contributed by atoms with E-state index in [0.29, 0.717) is 5.92 Å². The van der Waals surface area contributed by atoms with Crippen LogP contribution in [-0.4, -0.2) is 52.7 Å². The standard InChI is InChI=1S/C18H28N4OS/c1-14(2)13-17-19-20-18(23-17)15(3)22-10-8-21(9-11-22)7-6-16-5-4-12-24-16/h4-5,12,14-15H,6-11,13H2,1-3H3. The van der Waals surface area contributed by atoms with E-state index in [-0.39, 0.29) is 6.04 Å². The summed E-state index contributed by atoms with van der Waals surface area (Å²) < 4.78 is 5.86. The molecule has 1 atom stereocenters. The summed E-state index contributed by atoms with van der Waals surface area (Å²) in [6.07, 6.45) is 2.02. The van der Waals surface area contributed by atoms with Crippen molar-refractivity contribution in [3.63, 3.8) is 0 Å². The highest BCUT2D eigenvalue weighted by molar-refractivity contribution is 7.09. The quantitative estimate of drug-likeness (QED) is 0.768. The maximum Gasteiger partial charge on any atom is 0.233 e.